The highest BCUT2D eigenvalue weighted by atomic mass is 79.9. The summed E-state index contributed by atoms with van der Waals surface area (Å²) in [6.07, 6.45) is 2.80. The third kappa shape index (κ3) is 6.75. The van der Waals surface area contributed by atoms with Crippen molar-refractivity contribution in [2.24, 2.45) is 0 Å². The zero-order chi connectivity index (χ0) is 24.4. The molecule has 4 N–H and O–H groups in total. The highest BCUT2D eigenvalue weighted by Crippen LogP contribution is 2.43. The Morgan fingerprint density at radius 3 is 1.91 bits per heavy atom. The van der Waals surface area contributed by atoms with Crippen molar-refractivity contribution in [1.29, 1.82) is 0 Å². The number of carbonyl (C=O) groups is 1. The minimum atomic E-state index is -0.449. The lowest BCUT2D eigenvalue weighted by Gasteiger charge is -2.13. The van der Waals surface area contributed by atoms with E-state index in [0.29, 0.717) is 56.0 Å². The molecule has 0 bridgehead atoms. The molecule has 0 spiro atoms. The molecule has 0 radical (unpaired) electrons. The topological polar surface area (TPSA) is 115 Å². The van der Waals surface area contributed by atoms with Gasteiger partial charge in [0.1, 0.15) is 21.5 Å². The molecule has 176 valence electrons. The molecule has 0 atom stereocenters. The van der Waals surface area contributed by atoms with Crippen LogP contribution in [0.3, 0.4) is 0 Å². The van der Waals surface area contributed by atoms with Crippen LogP contribution in [0.2, 0.25) is 10.0 Å². The van der Waals surface area contributed by atoms with Crippen LogP contribution in [0.15, 0.2) is 22.7 Å². The van der Waals surface area contributed by atoms with Gasteiger partial charge < -0.3 is 35.2 Å². The van der Waals surface area contributed by atoms with Gasteiger partial charge in [-0.15, -0.1) is 0 Å². The smallest absolute Gasteiger partial charge is 0.330 e. The van der Waals surface area contributed by atoms with E-state index in [4.69, 9.17) is 58.4 Å². The normalized spacial score (nSPS) is 10.2. The minimum absolute atomic E-state index is 0.288. The summed E-state index contributed by atoms with van der Waals surface area (Å²) < 4.78 is 25.8. The van der Waals surface area contributed by atoms with E-state index in [1.54, 1.807) is 19.1 Å². The summed E-state index contributed by atoms with van der Waals surface area (Å²) in [5.74, 6) is 1.23. The van der Waals surface area contributed by atoms with Gasteiger partial charge >= 0.3 is 5.97 Å². The number of ether oxygens (including phenoxy) is 5. The van der Waals surface area contributed by atoms with Crippen molar-refractivity contribution in [3.63, 3.8) is 0 Å². The van der Waals surface area contributed by atoms with Crippen LogP contribution in [-0.2, 0) is 9.53 Å². The Kier molecular flexibility index (Phi) is 11.3. The van der Waals surface area contributed by atoms with Gasteiger partial charge in [-0.2, -0.15) is 0 Å². The summed E-state index contributed by atoms with van der Waals surface area (Å²) in [4.78, 5) is 11.3. The molecular formula is C21H25BrCl2N2O6. The first-order chi connectivity index (χ1) is 15.2. The van der Waals surface area contributed by atoms with Gasteiger partial charge in [-0.05, 0) is 41.1 Å². The van der Waals surface area contributed by atoms with E-state index in [0.717, 1.165) is 0 Å². The quantitative estimate of drug-likeness (QED) is 0.273. The van der Waals surface area contributed by atoms with Crippen LogP contribution in [0.5, 0.6) is 23.0 Å². The number of halogens is 3. The van der Waals surface area contributed by atoms with Crippen LogP contribution < -0.4 is 30.4 Å². The number of esters is 1. The largest absolute Gasteiger partial charge is 0.495 e. The van der Waals surface area contributed by atoms with Crippen molar-refractivity contribution in [2.75, 3.05) is 46.5 Å². The van der Waals surface area contributed by atoms with Gasteiger partial charge in [0, 0.05) is 16.1 Å². The van der Waals surface area contributed by atoms with Crippen LogP contribution in [-0.4, -0.2) is 41.0 Å². The molecule has 2 aromatic carbocycles. The first kappa shape index (κ1) is 27.5. The predicted octanol–water partition coefficient (Wildman–Crippen LogP) is 5.22. The number of hydrogen-bond acceptors (Lipinski definition) is 8. The van der Waals surface area contributed by atoms with Gasteiger partial charge in [0.05, 0.1) is 46.4 Å². The summed E-state index contributed by atoms with van der Waals surface area (Å²) in [6, 6.07) is 3.32. The fourth-order valence-corrected chi connectivity index (χ4v) is 3.43. The highest BCUT2D eigenvalue weighted by Gasteiger charge is 2.15. The van der Waals surface area contributed by atoms with Crippen LogP contribution in [0.25, 0.3) is 6.08 Å². The highest BCUT2D eigenvalue weighted by molar-refractivity contribution is 9.10. The number of rotatable bonds is 7. The lowest BCUT2D eigenvalue weighted by molar-refractivity contribution is -0.137. The molecule has 0 aliphatic rings. The molecule has 0 fully saturated rings. The Bertz CT molecular complexity index is 986. The molecule has 0 saturated carbocycles. The molecule has 0 aliphatic heterocycles. The van der Waals surface area contributed by atoms with Gasteiger partial charge in [0.25, 0.3) is 0 Å². The zero-order valence-electron chi connectivity index (χ0n) is 18.3. The molecule has 11 heteroatoms. The average Bonchev–Trinajstić information content (AvgIpc) is 2.77. The van der Waals surface area contributed by atoms with E-state index in [-0.39, 0.29) is 5.02 Å². The summed E-state index contributed by atoms with van der Waals surface area (Å²) in [5.41, 5.74) is 13.0. The molecule has 0 heterocycles. The van der Waals surface area contributed by atoms with Crippen molar-refractivity contribution in [3.8, 4) is 23.0 Å². The Labute approximate surface area is 205 Å². The fraction of sp³-hybridized carbons (Fsp3) is 0.286. The summed E-state index contributed by atoms with van der Waals surface area (Å²) in [7, 11) is 5.97. The Morgan fingerprint density at radius 2 is 1.44 bits per heavy atom. The van der Waals surface area contributed by atoms with Gasteiger partial charge in [0.2, 0.25) is 0 Å². The maximum Gasteiger partial charge on any atom is 0.330 e. The molecule has 0 saturated heterocycles. The van der Waals surface area contributed by atoms with E-state index in [1.165, 1.54) is 40.6 Å². The van der Waals surface area contributed by atoms with E-state index in [2.05, 4.69) is 15.9 Å². The average molecular weight is 552 g/mol. The summed E-state index contributed by atoms with van der Waals surface area (Å²) in [6.45, 7) is 2.04. The van der Waals surface area contributed by atoms with Crippen LogP contribution in [0, 0.1) is 0 Å². The second-order valence-electron chi connectivity index (χ2n) is 5.84. The van der Waals surface area contributed by atoms with E-state index >= 15 is 0 Å². The van der Waals surface area contributed by atoms with Gasteiger partial charge in [0.15, 0.2) is 11.5 Å². The molecule has 32 heavy (non-hydrogen) atoms. The number of anilines is 2. The minimum Gasteiger partial charge on any atom is -0.495 e. The SMILES string of the molecule is CCOC(=O)/C=C/c1cc(OC)c(Cl)c(OC)c1N.COc1cc(Br)c(N)c(OC)c1Cl. The van der Waals surface area contributed by atoms with Crippen molar-refractivity contribution in [2.45, 2.75) is 6.92 Å². The second kappa shape index (κ2) is 13.1. The fourth-order valence-electron chi connectivity index (χ4n) is 2.42. The molecule has 0 unspecified atom stereocenters. The Hall–Kier alpha value is -2.49. The van der Waals surface area contributed by atoms with Crippen molar-refractivity contribution >= 4 is 62.6 Å². The molecular weight excluding hydrogens is 527 g/mol. The van der Waals surface area contributed by atoms with Crippen molar-refractivity contribution < 1.29 is 28.5 Å². The summed E-state index contributed by atoms with van der Waals surface area (Å²) in [5, 5.41) is 0.668. The molecule has 0 aromatic heterocycles. The standard InChI is InChI=1S/C13H16ClNO4.C8H9BrClNO2/c1-4-19-10(16)6-5-8-7-9(17-2)11(14)13(18-3)12(8)15;1-12-5-3-4(9)7(11)8(13-2)6(5)10/h5-7H,4,15H2,1-3H3;3H,11H2,1-2H3/b6-5+;. The number of hydrogen-bond donors (Lipinski definition) is 2. The lowest BCUT2D eigenvalue weighted by Crippen LogP contribution is -2.01. The van der Waals surface area contributed by atoms with E-state index in [1.807, 2.05) is 0 Å². The number of nitrogens with two attached hydrogens (primary N) is 2. The van der Waals surface area contributed by atoms with Crippen LogP contribution in [0.4, 0.5) is 11.4 Å². The van der Waals surface area contributed by atoms with Crippen molar-refractivity contribution in [1.82, 2.24) is 0 Å². The maximum atomic E-state index is 11.3. The number of benzene rings is 2. The molecule has 0 aliphatic carbocycles. The van der Waals surface area contributed by atoms with Gasteiger partial charge in [-0.1, -0.05) is 23.2 Å². The number of nitrogen functional groups attached to an aromatic ring is 2. The first-order valence-electron chi connectivity index (χ1n) is 9.06. The maximum absolute atomic E-state index is 11.3. The lowest BCUT2D eigenvalue weighted by atomic mass is 10.1. The van der Waals surface area contributed by atoms with Crippen LogP contribution >= 0.6 is 39.1 Å². The Balaban J connectivity index is 0.000000343. The zero-order valence-corrected chi connectivity index (χ0v) is 21.4. The van der Waals surface area contributed by atoms with E-state index < -0.39 is 5.97 Å². The first-order valence-corrected chi connectivity index (χ1v) is 10.6. The molecule has 0 amide bonds. The monoisotopic (exact) mass is 550 g/mol. The van der Waals surface area contributed by atoms with Crippen molar-refractivity contribution in [3.05, 3.63) is 38.3 Å². The third-order valence-corrected chi connectivity index (χ3v) is 5.34. The van der Waals surface area contributed by atoms with Crippen LogP contribution in [0.1, 0.15) is 12.5 Å². The van der Waals surface area contributed by atoms with E-state index in [9.17, 15) is 4.79 Å². The second-order valence-corrected chi connectivity index (χ2v) is 7.45. The third-order valence-electron chi connectivity index (χ3n) is 3.97. The van der Waals surface area contributed by atoms with Gasteiger partial charge in [-0.25, -0.2) is 4.79 Å². The molecule has 8 nitrogen and oxygen atoms in total. The number of methoxy groups -OCH3 is 4. The Morgan fingerprint density at radius 1 is 0.938 bits per heavy atom. The predicted molar refractivity (Wildman–Crippen MR) is 131 cm³/mol. The molecule has 2 aromatic rings. The molecule has 2 rings (SSSR count). The van der Waals surface area contributed by atoms with Gasteiger partial charge in [-0.3, -0.25) is 0 Å². The number of carbonyl (C=O) groups excluding carboxylic acids is 1. The summed E-state index contributed by atoms with van der Waals surface area (Å²) >= 11 is 15.3.